The van der Waals surface area contributed by atoms with Gasteiger partial charge in [0, 0.05) is 12.5 Å². The first kappa shape index (κ1) is 23.9. The summed E-state index contributed by atoms with van der Waals surface area (Å²) in [6, 6.07) is 27.7. The Kier molecular flexibility index (Phi) is 6.95. The smallest absolute Gasteiger partial charge is 0.119 e. The minimum absolute atomic E-state index is 0.176. The van der Waals surface area contributed by atoms with Gasteiger partial charge in [0.2, 0.25) is 0 Å². The van der Waals surface area contributed by atoms with Crippen molar-refractivity contribution >= 4 is 21.8 Å². The lowest BCUT2D eigenvalue weighted by Crippen LogP contribution is -2.09. The van der Waals surface area contributed by atoms with Crippen molar-refractivity contribution in [1.82, 2.24) is 9.55 Å². The Labute approximate surface area is 213 Å². The number of aryl methyl sites for hydroxylation is 3. The van der Waals surface area contributed by atoms with Gasteiger partial charge in [-0.1, -0.05) is 49.4 Å². The van der Waals surface area contributed by atoms with Gasteiger partial charge < -0.3 is 14.0 Å². The maximum Gasteiger partial charge on any atom is 0.119 e. The zero-order valence-electron chi connectivity index (χ0n) is 21.6. The van der Waals surface area contributed by atoms with Crippen LogP contribution in [0.4, 0.5) is 0 Å². The van der Waals surface area contributed by atoms with Gasteiger partial charge in [0.05, 0.1) is 24.8 Å². The van der Waals surface area contributed by atoms with Crippen molar-refractivity contribution in [2.75, 3.05) is 13.7 Å². The van der Waals surface area contributed by atoms with Gasteiger partial charge in [-0.3, -0.25) is 0 Å². The van der Waals surface area contributed by atoms with Crippen molar-refractivity contribution < 1.29 is 9.47 Å². The predicted octanol–water partition coefficient (Wildman–Crippen LogP) is 7.83. The number of fused-ring (bicyclic) bond motifs is 2. The van der Waals surface area contributed by atoms with E-state index in [-0.39, 0.29) is 5.92 Å². The molecule has 0 N–H and O–H groups in total. The Bertz CT molecular complexity index is 1480. The van der Waals surface area contributed by atoms with Gasteiger partial charge in [0.25, 0.3) is 0 Å². The number of para-hydroxylation sites is 2. The zero-order valence-corrected chi connectivity index (χ0v) is 21.6. The summed E-state index contributed by atoms with van der Waals surface area (Å²) in [6.45, 7) is 8.11. The quantitative estimate of drug-likeness (QED) is 0.203. The lowest BCUT2D eigenvalue weighted by molar-refractivity contribution is 0.303. The van der Waals surface area contributed by atoms with Crippen LogP contribution in [0.5, 0.6) is 11.5 Å². The molecule has 4 heteroatoms. The zero-order chi connectivity index (χ0) is 25.1. The normalized spacial score (nSPS) is 12.2. The molecule has 36 heavy (non-hydrogen) atoms. The van der Waals surface area contributed by atoms with Gasteiger partial charge in [-0.05, 0) is 90.6 Å². The first-order valence-electron chi connectivity index (χ1n) is 12.8. The van der Waals surface area contributed by atoms with Crippen molar-refractivity contribution in [2.24, 2.45) is 0 Å². The molecule has 4 aromatic carbocycles. The second-order valence-corrected chi connectivity index (χ2v) is 9.68. The first-order valence-corrected chi connectivity index (χ1v) is 12.8. The molecule has 0 aliphatic carbocycles. The second-order valence-electron chi connectivity index (χ2n) is 9.68. The number of methoxy groups -OCH3 is 1. The molecule has 5 rings (SSSR count). The highest BCUT2D eigenvalue weighted by Crippen LogP contribution is 2.31. The molecule has 1 aromatic heterocycles. The van der Waals surface area contributed by atoms with E-state index in [0.717, 1.165) is 42.2 Å². The van der Waals surface area contributed by atoms with Crippen LogP contribution in [0.1, 0.15) is 48.2 Å². The maximum absolute atomic E-state index is 6.05. The van der Waals surface area contributed by atoms with Crippen LogP contribution in [-0.2, 0) is 6.54 Å². The van der Waals surface area contributed by atoms with E-state index in [1.54, 1.807) is 7.11 Å². The van der Waals surface area contributed by atoms with Crippen LogP contribution in [0.3, 0.4) is 0 Å². The van der Waals surface area contributed by atoms with E-state index in [2.05, 4.69) is 98.1 Å². The van der Waals surface area contributed by atoms with Crippen LogP contribution in [0, 0.1) is 13.8 Å². The predicted molar refractivity (Wildman–Crippen MR) is 148 cm³/mol. The van der Waals surface area contributed by atoms with Gasteiger partial charge in [-0.25, -0.2) is 4.98 Å². The third kappa shape index (κ3) is 5.08. The van der Waals surface area contributed by atoms with Crippen molar-refractivity contribution in [3.8, 4) is 11.5 Å². The SMILES string of the molecule is COc1ccc2cc(C(C)c3nc4ccccc4n3CCCCOc3cc(C)cc(C)c3)ccc2c1. The van der Waals surface area contributed by atoms with E-state index in [9.17, 15) is 0 Å². The highest BCUT2D eigenvalue weighted by Gasteiger charge is 2.18. The summed E-state index contributed by atoms with van der Waals surface area (Å²) in [5.74, 6) is 3.13. The van der Waals surface area contributed by atoms with Crippen LogP contribution in [0.15, 0.2) is 78.9 Å². The molecule has 1 atom stereocenters. The number of rotatable bonds is 9. The Hall–Kier alpha value is -3.79. The van der Waals surface area contributed by atoms with E-state index < -0.39 is 0 Å². The number of unbranched alkanes of at least 4 members (excludes halogenated alkanes) is 1. The summed E-state index contributed by atoms with van der Waals surface area (Å²) >= 11 is 0. The molecule has 0 aliphatic rings. The monoisotopic (exact) mass is 478 g/mol. The minimum Gasteiger partial charge on any atom is -0.497 e. The van der Waals surface area contributed by atoms with Gasteiger partial charge in [-0.2, -0.15) is 0 Å². The lowest BCUT2D eigenvalue weighted by atomic mass is 9.97. The van der Waals surface area contributed by atoms with Crippen LogP contribution in [0.25, 0.3) is 21.8 Å². The molecule has 1 heterocycles. The lowest BCUT2D eigenvalue weighted by Gasteiger charge is -2.16. The van der Waals surface area contributed by atoms with Crippen molar-refractivity contribution in [1.29, 1.82) is 0 Å². The minimum atomic E-state index is 0.176. The van der Waals surface area contributed by atoms with Gasteiger partial charge in [0.15, 0.2) is 0 Å². The molecule has 0 bridgehead atoms. The topological polar surface area (TPSA) is 36.3 Å². The average Bonchev–Trinajstić information content (AvgIpc) is 3.25. The fourth-order valence-electron chi connectivity index (χ4n) is 5.03. The number of nitrogens with zero attached hydrogens (tertiary/aromatic N) is 2. The van der Waals surface area contributed by atoms with E-state index in [0.29, 0.717) is 6.61 Å². The fourth-order valence-corrected chi connectivity index (χ4v) is 5.03. The van der Waals surface area contributed by atoms with Crippen LogP contribution >= 0.6 is 0 Å². The number of benzene rings is 4. The van der Waals surface area contributed by atoms with Crippen molar-refractivity contribution in [3.05, 3.63) is 101 Å². The Morgan fingerprint density at radius 3 is 2.36 bits per heavy atom. The van der Waals surface area contributed by atoms with Gasteiger partial charge in [-0.15, -0.1) is 0 Å². The molecule has 0 aliphatic heterocycles. The summed E-state index contributed by atoms with van der Waals surface area (Å²) in [5.41, 5.74) is 5.99. The number of hydrogen-bond donors (Lipinski definition) is 0. The molecule has 0 saturated carbocycles. The summed E-state index contributed by atoms with van der Waals surface area (Å²) < 4.78 is 13.8. The third-order valence-electron chi connectivity index (χ3n) is 6.88. The average molecular weight is 479 g/mol. The van der Waals surface area contributed by atoms with Crippen molar-refractivity contribution in [2.45, 2.75) is 46.1 Å². The first-order chi connectivity index (χ1) is 17.5. The van der Waals surface area contributed by atoms with E-state index in [4.69, 9.17) is 14.5 Å². The maximum atomic E-state index is 6.05. The standard InChI is InChI=1S/C32H34N2O2/c1-22-17-23(2)19-29(18-22)36-16-8-7-15-34-31-10-6-5-9-30(31)33-32(34)24(3)25-11-12-27-21-28(35-4)14-13-26(27)20-25/h5-6,9-14,17-21,24H,7-8,15-16H2,1-4H3. The largest absolute Gasteiger partial charge is 0.497 e. The summed E-state index contributed by atoms with van der Waals surface area (Å²) in [4.78, 5) is 5.07. The van der Waals surface area contributed by atoms with Gasteiger partial charge >= 0.3 is 0 Å². The van der Waals surface area contributed by atoms with E-state index in [1.165, 1.54) is 33.0 Å². The highest BCUT2D eigenvalue weighted by atomic mass is 16.5. The molecule has 184 valence electrons. The highest BCUT2D eigenvalue weighted by molar-refractivity contribution is 5.85. The van der Waals surface area contributed by atoms with Crippen LogP contribution in [0.2, 0.25) is 0 Å². The third-order valence-corrected chi connectivity index (χ3v) is 6.88. The fraction of sp³-hybridized carbons (Fsp3) is 0.281. The molecular weight excluding hydrogens is 444 g/mol. The molecule has 0 saturated heterocycles. The molecule has 4 nitrogen and oxygen atoms in total. The van der Waals surface area contributed by atoms with Crippen LogP contribution < -0.4 is 9.47 Å². The Morgan fingerprint density at radius 2 is 1.56 bits per heavy atom. The van der Waals surface area contributed by atoms with Gasteiger partial charge in [0.1, 0.15) is 17.3 Å². The Morgan fingerprint density at radius 1 is 0.806 bits per heavy atom. The number of aromatic nitrogens is 2. The number of hydrogen-bond acceptors (Lipinski definition) is 3. The number of ether oxygens (including phenoxy) is 2. The van der Waals surface area contributed by atoms with E-state index >= 15 is 0 Å². The summed E-state index contributed by atoms with van der Waals surface area (Å²) in [7, 11) is 1.71. The van der Waals surface area contributed by atoms with Crippen molar-refractivity contribution in [3.63, 3.8) is 0 Å². The molecule has 0 radical (unpaired) electrons. The Balaban J connectivity index is 1.33. The second kappa shape index (κ2) is 10.4. The summed E-state index contributed by atoms with van der Waals surface area (Å²) in [5, 5.41) is 2.40. The molecule has 0 fully saturated rings. The molecular formula is C32H34N2O2. The molecule has 0 amide bonds. The molecule has 0 spiro atoms. The molecule has 1 unspecified atom stereocenters. The van der Waals surface area contributed by atoms with E-state index in [1.807, 2.05) is 6.07 Å². The number of imidazole rings is 1. The molecule has 5 aromatic rings. The van der Waals surface area contributed by atoms with Crippen LogP contribution in [-0.4, -0.2) is 23.3 Å². The summed E-state index contributed by atoms with van der Waals surface area (Å²) in [6.07, 6.45) is 2.02.